The van der Waals surface area contributed by atoms with Crippen molar-refractivity contribution in [2.45, 2.75) is 56.0 Å². The van der Waals surface area contributed by atoms with Crippen LogP contribution in [0.1, 0.15) is 19.4 Å². The summed E-state index contributed by atoms with van der Waals surface area (Å²) in [6.07, 6.45) is -9.48. The molecule has 26 heteroatoms. The summed E-state index contributed by atoms with van der Waals surface area (Å²) in [5, 5.41) is 22.4. The van der Waals surface area contributed by atoms with E-state index in [4.69, 9.17) is 33.3 Å². The molecule has 7 heterocycles. The monoisotopic (exact) mass is 716 g/mol. The van der Waals surface area contributed by atoms with Crippen molar-refractivity contribution in [3.8, 4) is 0 Å². The number of nitrogens with one attached hydrogen (secondary N) is 2. The number of phosphoric ester groups is 2. The van der Waals surface area contributed by atoms with Crippen LogP contribution in [0.4, 0.5) is 11.9 Å². The van der Waals surface area contributed by atoms with Crippen molar-refractivity contribution >= 4 is 56.1 Å². The number of imidazole rings is 2. The molecule has 3 aliphatic rings. The first-order chi connectivity index (χ1) is 22.7. The minimum absolute atomic E-state index is 0.0806. The summed E-state index contributed by atoms with van der Waals surface area (Å²) >= 11 is 0. The first-order valence-electron chi connectivity index (χ1n) is 13.9. The lowest BCUT2D eigenvalue weighted by atomic mass is 10.1. The van der Waals surface area contributed by atoms with E-state index in [1.807, 2.05) is 0 Å². The van der Waals surface area contributed by atoms with Crippen LogP contribution in [0, 0.1) is 0 Å². The molecule has 3 fully saturated rings. The molecule has 258 valence electrons. The molecule has 3 saturated heterocycles. The molecular weight excluding hydrogens is 690 g/mol. The van der Waals surface area contributed by atoms with E-state index in [1.54, 1.807) is 6.92 Å². The lowest BCUT2D eigenvalue weighted by Gasteiger charge is -2.27. The van der Waals surface area contributed by atoms with Gasteiger partial charge in [0.1, 0.15) is 36.6 Å². The fourth-order valence-electron chi connectivity index (χ4n) is 5.54. The number of phosphoric acid groups is 2. The van der Waals surface area contributed by atoms with Gasteiger partial charge in [0.25, 0.3) is 11.1 Å². The number of nitrogens with zero attached hydrogens (tertiary/aromatic N) is 7. The Labute approximate surface area is 265 Å². The number of H-pyrrole nitrogens is 2. The molecule has 0 aliphatic carbocycles. The van der Waals surface area contributed by atoms with Gasteiger partial charge in [0.05, 0.1) is 25.9 Å². The summed E-state index contributed by atoms with van der Waals surface area (Å²) in [4.78, 5) is 70.7. The lowest BCUT2D eigenvalue weighted by molar-refractivity contribution is -0.0664. The minimum atomic E-state index is -5.11. The highest BCUT2D eigenvalue weighted by molar-refractivity contribution is 7.47. The van der Waals surface area contributed by atoms with Crippen LogP contribution in [0.2, 0.25) is 0 Å². The number of hydrogen-bond acceptors (Lipinski definition) is 18. The summed E-state index contributed by atoms with van der Waals surface area (Å²) < 4.78 is 60.9. The van der Waals surface area contributed by atoms with Crippen LogP contribution < -0.4 is 16.9 Å². The molecule has 0 bridgehead atoms. The van der Waals surface area contributed by atoms with Crippen molar-refractivity contribution in [1.82, 2.24) is 39.0 Å². The van der Waals surface area contributed by atoms with Gasteiger partial charge in [0.15, 0.2) is 34.8 Å². The number of nitrogen functional groups attached to an aromatic ring is 1. The van der Waals surface area contributed by atoms with Crippen LogP contribution in [0.25, 0.3) is 22.3 Å². The smallest absolute Gasteiger partial charge is 0.386 e. The molecule has 0 aromatic carbocycles. The first-order valence-corrected chi connectivity index (χ1v) is 16.9. The molecule has 48 heavy (non-hydrogen) atoms. The van der Waals surface area contributed by atoms with Gasteiger partial charge in [0.2, 0.25) is 11.9 Å². The van der Waals surface area contributed by atoms with Crippen molar-refractivity contribution in [3.05, 3.63) is 33.4 Å². The fraction of sp³-hybridized carbons (Fsp3) is 0.500. The fourth-order valence-corrected chi connectivity index (χ4v) is 7.47. The number of nitrogens with two attached hydrogens (primary N) is 1. The second kappa shape index (κ2) is 12.0. The number of ether oxygens (including phenoxy) is 2. The number of hydrogen-bond donors (Lipinski definition) is 7. The Bertz CT molecular complexity index is 2130. The Kier molecular flexibility index (Phi) is 8.17. The molecule has 6 unspecified atom stereocenters. The van der Waals surface area contributed by atoms with E-state index in [0.29, 0.717) is 0 Å². The van der Waals surface area contributed by atoms with Crippen molar-refractivity contribution in [2.24, 2.45) is 4.99 Å². The molecule has 10 atom stereocenters. The maximum absolute atomic E-state index is 13.2. The number of aromatic nitrogens is 8. The number of aliphatic hydroxyl groups excluding tert-OH is 2. The lowest BCUT2D eigenvalue weighted by Crippen LogP contribution is -2.39. The Morgan fingerprint density at radius 3 is 1.85 bits per heavy atom. The van der Waals surface area contributed by atoms with Crippen LogP contribution in [0.15, 0.2) is 27.2 Å². The van der Waals surface area contributed by atoms with Gasteiger partial charge in [-0.05, 0) is 6.92 Å². The standard InChI is InChI=1S/C22H26N10O14P2/c1-2-24-22-28-16-10(18(36)30-22)26-6-32(16)20-12(34)14-8(44-20)4-42-47(37,38)45-13-7(3-41-48(39,40)46-14)43-19(11(13)33)31-5-25-9-15(31)27-21(23)29-17(9)35/h2,5-8,11-14,19-20,33-34H,3-4H2,1H3,(H,37,38)(H,39,40)(H,28,30,36)(H3,23,27,29,35)/b24-2-/t7-,8-,11?,12?,13?,14?,19-,20-/m1/s1. The highest BCUT2D eigenvalue weighted by atomic mass is 31.2. The van der Waals surface area contributed by atoms with E-state index in [2.05, 4.69) is 34.9 Å². The topological polar surface area (TPSA) is 336 Å². The number of aliphatic hydroxyl groups is 2. The molecule has 24 nitrogen and oxygen atoms in total. The van der Waals surface area contributed by atoms with E-state index in [9.17, 15) is 38.7 Å². The number of aliphatic imine (C=N–C) groups is 1. The Balaban J connectivity index is 1.17. The van der Waals surface area contributed by atoms with Crippen molar-refractivity contribution in [2.75, 3.05) is 18.9 Å². The molecule has 0 saturated carbocycles. The molecule has 3 aliphatic heterocycles. The predicted octanol–water partition coefficient (Wildman–Crippen LogP) is -1.91. The number of anilines is 1. The molecule has 0 spiro atoms. The molecule has 4 aromatic rings. The zero-order valence-corrected chi connectivity index (χ0v) is 26.0. The van der Waals surface area contributed by atoms with Crippen molar-refractivity contribution in [1.29, 1.82) is 0 Å². The van der Waals surface area contributed by atoms with Crippen molar-refractivity contribution in [3.63, 3.8) is 0 Å². The maximum atomic E-state index is 13.2. The zero-order valence-electron chi connectivity index (χ0n) is 24.2. The van der Waals surface area contributed by atoms with E-state index >= 15 is 0 Å². The van der Waals surface area contributed by atoms with Crippen LogP contribution in [-0.4, -0.2) is 115 Å². The van der Waals surface area contributed by atoms with Gasteiger partial charge < -0.3 is 35.2 Å². The SMILES string of the molecule is C/C=N\c1nc2c(ncn2[C@@H]2O[C@@H]3COP(=O)(O)OC4C(O)[C@H](n5cnc6c(=O)[nH]c(N)nc65)O[C@@H]4COP(=O)(O)OC3C2O)c(=O)[nH]1. The molecule has 0 radical (unpaired) electrons. The van der Waals surface area contributed by atoms with E-state index in [0.717, 1.165) is 21.8 Å². The third-order valence-electron chi connectivity index (χ3n) is 7.60. The predicted molar refractivity (Wildman–Crippen MR) is 156 cm³/mol. The van der Waals surface area contributed by atoms with Crippen LogP contribution in [-0.2, 0) is 36.7 Å². The van der Waals surface area contributed by atoms with Crippen LogP contribution in [0.3, 0.4) is 0 Å². The van der Waals surface area contributed by atoms with E-state index in [-0.39, 0.29) is 34.2 Å². The zero-order chi connectivity index (χ0) is 34.1. The molecule has 8 N–H and O–H groups in total. The van der Waals surface area contributed by atoms with Gasteiger partial charge in [-0.3, -0.25) is 46.8 Å². The second-order valence-corrected chi connectivity index (χ2v) is 13.5. The molecular formula is C22H26N10O14P2. The normalized spacial score (nSPS) is 36.3. The molecule has 0 amide bonds. The average molecular weight is 716 g/mol. The van der Waals surface area contributed by atoms with Gasteiger partial charge in [-0.1, -0.05) is 0 Å². The first kappa shape index (κ1) is 32.8. The summed E-state index contributed by atoms with van der Waals surface area (Å²) in [5.74, 6) is -0.368. The average Bonchev–Trinajstić information content (AvgIpc) is 3.76. The Hall–Kier alpha value is -3.77. The van der Waals surface area contributed by atoms with Crippen LogP contribution >= 0.6 is 15.6 Å². The maximum Gasteiger partial charge on any atom is 0.472 e. The third-order valence-corrected chi connectivity index (χ3v) is 9.57. The Morgan fingerprint density at radius 2 is 1.35 bits per heavy atom. The number of aromatic amines is 2. The summed E-state index contributed by atoms with van der Waals surface area (Å²) in [6, 6.07) is 0. The second-order valence-electron chi connectivity index (χ2n) is 10.7. The molecule has 7 rings (SSSR count). The van der Waals surface area contributed by atoms with Crippen molar-refractivity contribution < 1.29 is 56.7 Å². The van der Waals surface area contributed by atoms with E-state index < -0.39 is 89.1 Å². The van der Waals surface area contributed by atoms with Crippen LogP contribution in [0.5, 0.6) is 0 Å². The van der Waals surface area contributed by atoms with Gasteiger partial charge >= 0.3 is 15.6 Å². The largest absolute Gasteiger partial charge is 0.472 e. The quantitative estimate of drug-likeness (QED) is 0.0898. The highest BCUT2D eigenvalue weighted by Crippen LogP contribution is 2.53. The van der Waals surface area contributed by atoms with Gasteiger partial charge in [-0.25, -0.2) is 24.1 Å². The van der Waals surface area contributed by atoms with Gasteiger partial charge in [-0.15, -0.1) is 0 Å². The summed E-state index contributed by atoms with van der Waals surface area (Å²) in [6.45, 7) is -0.148. The Morgan fingerprint density at radius 1 is 0.875 bits per heavy atom. The van der Waals surface area contributed by atoms with Gasteiger partial charge in [-0.2, -0.15) is 9.97 Å². The third kappa shape index (κ3) is 5.80. The number of rotatable bonds is 3. The van der Waals surface area contributed by atoms with Gasteiger partial charge in [0, 0.05) is 6.21 Å². The molecule has 4 aromatic heterocycles. The summed E-state index contributed by atoms with van der Waals surface area (Å²) in [5.41, 5.74) is 3.77. The number of fused-ring (bicyclic) bond motifs is 4. The van der Waals surface area contributed by atoms with E-state index in [1.165, 1.54) is 6.21 Å². The summed E-state index contributed by atoms with van der Waals surface area (Å²) in [7, 11) is -10.2. The minimum Gasteiger partial charge on any atom is -0.386 e. The highest BCUT2D eigenvalue weighted by Gasteiger charge is 2.54.